The predicted octanol–water partition coefficient (Wildman–Crippen LogP) is 5.47. The fourth-order valence-corrected chi connectivity index (χ4v) is 4.77. The molecule has 3 aromatic rings. The molecule has 0 amide bonds. The molecule has 0 aliphatic carbocycles. The second-order valence-corrected chi connectivity index (χ2v) is 7.07. The summed E-state index contributed by atoms with van der Waals surface area (Å²) in [6.45, 7) is 2.16. The van der Waals surface area contributed by atoms with Crippen molar-refractivity contribution in [3.63, 3.8) is 0 Å². The van der Waals surface area contributed by atoms with Gasteiger partial charge in [-0.2, -0.15) is 10.9 Å². The zero-order chi connectivity index (χ0) is 13.8. The van der Waals surface area contributed by atoms with Crippen LogP contribution in [0.15, 0.2) is 99.6 Å². The Balaban J connectivity index is 2.14. The van der Waals surface area contributed by atoms with Gasteiger partial charge in [-0.05, 0) is 58.0 Å². The van der Waals surface area contributed by atoms with Gasteiger partial charge in [-0.3, -0.25) is 0 Å². The minimum absolute atomic E-state index is 0.462. The maximum Gasteiger partial charge on any atom is -0.00425 e. The highest BCUT2D eigenvalue weighted by Crippen LogP contribution is 2.51. The van der Waals surface area contributed by atoms with E-state index in [0.29, 0.717) is 0 Å². The molecule has 0 aliphatic heterocycles. The summed E-state index contributed by atoms with van der Waals surface area (Å²) in [5, 5.41) is 0. The van der Waals surface area contributed by atoms with Gasteiger partial charge in [0.25, 0.3) is 0 Å². The molecule has 0 atom stereocenters. The van der Waals surface area contributed by atoms with Crippen LogP contribution in [0.5, 0.6) is 0 Å². The van der Waals surface area contributed by atoms with Gasteiger partial charge in [0.1, 0.15) is 0 Å². The molecule has 0 saturated carbocycles. The van der Waals surface area contributed by atoms with E-state index in [4.69, 9.17) is 0 Å². The summed E-state index contributed by atoms with van der Waals surface area (Å²) < 4.78 is 0. The summed E-state index contributed by atoms with van der Waals surface area (Å²) in [4.78, 5) is 4.22. The molecule has 0 spiro atoms. The first-order valence-electron chi connectivity index (χ1n) is 6.81. The van der Waals surface area contributed by atoms with Crippen LogP contribution in [0.25, 0.3) is 0 Å². The van der Waals surface area contributed by atoms with Gasteiger partial charge < -0.3 is 0 Å². The van der Waals surface area contributed by atoms with Crippen molar-refractivity contribution < 1.29 is 0 Å². The maximum atomic E-state index is 2.31. The minimum atomic E-state index is -0.462. The van der Waals surface area contributed by atoms with Gasteiger partial charge in [0.05, 0.1) is 0 Å². The molecule has 3 rings (SSSR count). The smallest absolute Gasteiger partial charge is 0.00425 e. The second kappa shape index (κ2) is 5.98. The average molecular weight is 278 g/mol. The van der Waals surface area contributed by atoms with E-state index in [0.717, 1.165) is 0 Å². The number of thiol groups is 1. The van der Waals surface area contributed by atoms with Gasteiger partial charge in [0.15, 0.2) is 0 Å². The molecule has 20 heavy (non-hydrogen) atoms. The molecule has 0 aliphatic rings. The van der Waals surface area contributed by atoms with Crippen molar-refractivity contribution in [3.8, 4) is 0 Å². The summed E-state index contributed by atoms with van der Waals surface area (Å²) in [5.41, 5.74) is 1.32. The average Bonchev–Trinajstić information content (AvgIpc) is 2.50. The third-order valence-electron chi connectivity index (χ3n) is 3.29. The van der Waals surface area contributed by atoms with Crippen LogP contribution in [-0.2, 0) is 0 Å². The van der Waals surface area contributed by atoms with E-state index in [1.807, 2.05) is 0 Å². The summed E-state index contributed by atoms with van der Waals surface area (Å²) in [5.74, 6) is 0. The number of benzene rings is 3. The van der Waals surface area contributed by atoms with E-state index >= 15 is 0 Å². The lowest BCUT2D eigenvalue weighted by atomic mass is 10.2. The highest BCUT2D eigenvalue weighted by atomic mass is 32.2. The van der Waals surface area contributed by atoms with Gasteiger partial charge >= 0.3 is 0 Å². The molecule has 0 heterocycles. The monoisotopic (exact) mass is 278 g/mol. The standard InChI is InChI=1S/C19H18S/c1-16-9-8-14-19(15-16)20(17-10-4-2-5-11-17)18-12-6-3-7-13-18/h2-15,20H,1H3. The van der Waals surface area contributed by atoms with E-state index < -0.39 is 10.9 Å². The second-order valence-electron chi connectivity index (χ2n) is 4.85. The molecule has 0 nitrogen and oxygen atoms in total. The van der Waals surface area contributed by atoms with Gasteiger partial charge in [-0.1, -0.05) is 54.1 Å². The molecule has 0 unspecified atom stereocenters. The molecule has 0 bridgehead atoms. The van der Waals surface area contributed by atoms with Gasteiger partial charge in [0.2, 0.25) is 0 Å². The highest BCUT2D eigenvalue weighted by Gasteiger charge is 2.11. The van der Waals surface area contributed by atoms with Crippen LogP contribution in [0.2, 0.25) is 0 Å². The first-order valence-corrected chi connectivity index (χ1v) is 8.16. The Kier molecular flexibility index (Phi) is 3.89. The van der Waals surface area contributed by atoms with Gasteiger partial charge in [0, 0.05) is 0 Å². The number of hydrogen-bond acceptors (Lipinski definition) is 0. The van der Waals surface area contributed by atoms with Crippen LogP contribution in [0.3, 0.4) is 0 Å². The summed E-state index contributed by atoms with van der Waals surface area (Å²) >= 11 is 0. The quantitative estimate of drug-likeness (QED) is 0.603. The topological polar surface area (TPSA) is 0 Å². The molecule has 0 N–H and O–H groups in total. The fourth-order valence-electron chi connectivity index (χ4n) is 2.37. The molecule has 0 saturated heterocycles. The first-order chi connectivity index (χ1) is 9.84. The molecule has 100 valence electrons. The summed E-state index contributed by atoms with van der Waals surface area (Å²) in [7, 11) is -0.462. The van der Waals surface area contributed by atoms with Crippen molar-refractivity contribution >= 4 is 10.9 Å². The van der Waals surface area contributed by atoms with E-state index in [2.05, 4.69) is 91.9 Å². The third kappa shape index (κ3) is 2.78. The summed E-state index contributed by atoms with van der Waals surface area (Å²) in [6, 6.07) is 30.5. The number of aryl methyl sites for hydroxylation is 1. The Hall–Kier alpha value is -1.99. The van der Waals surface area contributed by atoms with E-state index in [1.54, 1.807) is 0 Å². The number of rotatable bonds is 3. The van der Waals surface area contributed by atoms with E-state index in [-0.39, 0.29) is 0 Å². The number of hydrogen-bond donors (Lipinski definition) is 1. The molecular formula is C19H18S. The van der Waals surface area contributed by atoms with E-state index in [9.17, 15) is 0 Å². The highest BCUT2D eigenvalue weighted by molar-refractivity contribution is 8.17. The summed E-state index contributed by atoms with van der Waals surface area (Å²) in [6.07, 6.45) is 0. The van der Waals surface area contributed by atoms with Crippen molar-refractivity contribution in [2.75, 3.05) is 0 Å². The normalized spacial score (nSPS) is 11.2. The molecule has 3 aromatic carbocycles. The van der Waals surface area contributed by atoms with Crippen LogP contribution in [-0.4, -0.2) is 0 Å². The van der Waals surface area contributed by atoms with Crippen LogP contribution in [0.1, 0.15) is 5.56 Å². The Morgan fingerprint density at radius 2 is 1.05 bits per heavy atom. The van der Waals surface area contributed by atoms with Crippen molar-refractivity contribution in [1.29, 1.82) is 0 Å². The van der Waals surface area contributed by atoms with Gasteiger partial charge in [-0.15, -0.1) is 0 Å². The van der Waals surface area contributed by atoms with Crippen LogP contribution in [0.4, 0.5) is 0 Å². The van der Waals surface area contributed by atoms with Crippen molar-refractivity contribution in [2.24, 2.45) is 0 Å². The molecule has 1 heteroatoms. The van der Waals surface area contributed by atoms with Crippen molar-refractivity contribution in [1.82, 2.24) is 0 Å². The predicted molar refractivity (Wildman–Crippen MR) is 87.8 cm³/mol. The van der Waals surface area contributed by atoms with Gasteiger partial charge in [-0.25, -0.2) is 0 Å². The first kappa shape index (κ1) is 13.0. The lowest BCUT2D eigenvalue weighted by molar-refractivity contribution is 1.30. The van der Waals surface area contributed by atoms with Crippen molar-refractivity contribution in [3.05, 3.63) is 90.5 Å². The van der Waals surface area contributed by atoms with Crippen molar-refractivity contribution in [2.45, 2.75) is 21.6 Å². The zero-order valence-corrected chi connectivity index (χ0v) is 12.4. The molecular weight excluding hydrogens is 260 g/mol. The third-order valence-corrected chi connectivity index (χ3v) is 5.71. The van der Waals surface area contributed by atoms with Crippen LogP contribution < -0.4 is 0 Å². The maximum absolute atomic E-state index is 2.31. The molecule has 0 fully saturated rings. The SMILES string of the molecule is Cc1cccc([SH](c2ccccc2)c2ccccc2)c1. The Bertz CT molecular complexity index is 635. The lowest BCUT2D eigenvalue weighted by Crippen LogP contribution is -1.88. The largest absolute Gasteiger partial charge is 0.173 e. The Labute approximate surface area is 123 Å². The Morgan fingerprint density at radius 1 is 0.550 bits per heavy atom. The van der Waals surface area contributed by atoms with E-state index in [1.165, 1.54) is 20.2 Å². The zero-order valence-electron chi connectivity index (χ0n) is 11.5. The van der Waals surface area contributed by atoms with Crippen LogP contribution >= 0.6 is 10.9 Å². The Morgan fingerprint density at radius 3 is 1.55 bits per heavy atom. The minimum Gasteiger partial charge on any atom is -0.173 e. The lowest BCUT2D eigenvalue weighted by Gasteiger charge is -2.23. The fraction of sp³-hybridized carbons (Fsp3) is 0.0526. The molecule has 0 aromatic heterocycles. The molecule has 0 radical (unpaired) electrons. The van der Waals surface area contributed by atoms with Crippen LogP contribution in [0, 0.1) is 6.92 Å².